The lowest BCUT2D eigenvalue weighted by Gasteiger charge is -2.14. The second-order valence-electron chi connectivity index (χ2n) is 7.61. The van der Waals surface area contributed by atoms with Gasteiger partial charge in [-0.3, -0.25) is 19.4 Å². The number of anilines is 2. The lowest BCUT2D eigenvalue weighted by atomic mass is 10.0. The minimum absolute atomic E-state index is 0.0989. The quantitative estimate of drug-likeness (QED) is 0.490. The van der Waals surface area contributed by atoms with Crippen molar-refractivity contribution in [3.05, 3.63) is 63.4 Å². The van der Waals surface area contributed by atoms with Gasteiger partial charge in [-0.15, -0.1) is 10.2 Å². The van der Waals surface area contributed by atoms with Crippen LogP contribution in [-0.2, 0) is 9.59 Å². The van der Waals surface area contributed by atoms with E-state index < -0.39 is 10.8 Å². The smallest absolute Gasteiger partial charge is 0.278 e. The summed E-state index contributed by atoms with van der Waals surface area (Å²) in [7, 11) is 0. The normalized spacial score (nSPS) is 11.7. The van der Waals surface area contributed by atoms with Crippen molar-refractivity contribution < 1.29 is 9.59 Å². The van der Waals surface area contributed by atoms with E-state index in [-0.39, 0.29) is 22.7 Å². The molecule has 8 nitrogen and oxygen atoms in total. The Morgan fingerprint density at radius 1 is 1.03 bits per heavy atom. The van der Waals surface area contributed by atoms with Crippen LogP contribution >= 0.6 is 11.8 Å². The van der Waals surface area contributed by atoms with E-state index in [1.165, 1.54) is 6.92 Å². The van der Waals surface area contributed by atoms with E-state index >= 15 is 0 Å². The Kier molecular flexibility index (Phi) is 7.09. The zero-order valence-corrected chi connectivity index (χ0v) is 19.4. The highest BCUT2D eigenvalue weighted by atomic mass is 32.2. The van der Waals surface area contributed by atoms with Gasteiger partial charge >= 0.3 is 0 Å². The number of thioether (sulfide) groups is 1. The number of H-pyrrole nitrogens is 1. The standard InChI is InChI=1S/C23H25N5O3S/c1-12-7-6-8-17(10-12)25-21(30)15(4)32-23-26-22(31)20(27-28-23)18-11-13(2)9-14(3)19(18)24-16(5)29/h6-11,15H,1-5H3,(H,24,29)(H,25,30)(H,26,28,31)/t15-/m0/s1. The van der Waals surface area contributed by atoms with E-state index in [4.69, 9.17) is 0 Å². The monoisotopic (exact) mass is 451 g/mol. The molecule has 0 radical (unpaired) electrons. The van der Waals surface area contributed by atoms with E-state index in [0.29, 0.717) is 16.9 Å². The molecule has 0 spiro atoms. The molecule has 3 rings (SSSR count). The fourth-order valence-electron chi connectivity index (χ4n) is 3.24. The molecule has 1 heterocycles. The summed E-state index contributed by atoms with van der Waals surface area (Å²) in [5.74, 6) is -0.460. The lowest BCUT2D eigenvalue weighted by Crippen LogP contribution is -2.24. The van der Waals surface area contributed by atoms with E-state index in [1.807, 2.05) is 51.1 Å². The lowest BCUT2D eigenvalue weighted by molar-refractivity contribution is -0.115. The molecule has 0 unspecified atom stereocenters. The largest absolute Gasteiger partial charge is 0.325 e. The molecule has 3 aromatic rings. The zero-order valence-electron chi connectivity index (χ0n) is 18.6. The molecule has 0 aliphatic carbocycles. The van der Waals surface area contributed by atoms with E-state index in [1.54, 1.807) is 13.0 Å². The molecule has 2 aromatic carbocycles. The predicted octanol–water partition coefficient (Wildman–Crippen LogP) is 3.83. The number of aryl methyl sites for hydroxylation is 3. The van der Waals surface area contributed by atoms with Gasteiger partial charge in [0.1, 0.15) is 0 Å². The number of carbonyl (C=O) groups excluding carboxylic acids is 2. The Labute approximate surface area is 190 Å². The molecular weight excluding hydrogens is 426 g/mol. The summed E-state index contributed by atoms with van der Waals surface area (Å²) in [5, 5.41) is 13.6. The first-order valence-corrected chi connectivity index (χ1v) is 10.9. The van der Waals surface area contributed by atoms with Gasteiger partial charge in [0.2, 0.25) is 11.8 Å². The first-order valence-electron chi connectivity index (χ1n) is 10.0. The van der Waals surface area contributed by atoms with Gasteiger partial charge in [0.25, 0.3) is 5.56 Å². The maximum absolute atomic E-state index is 12.8. The van der Waals surface area contributed by atoms with Gasteiger partial charge < -0.3 is 10.6 Å². The van der Waals surface area contributed by atoms with Gasteiger partial charge in [-0.1, -0.05) is 35.5 Å². The predicted molar refractivity (Wildman–Crippen MR) is 127 cm³/mol. The SMILES string of the molecule is CC(=O)Nc1c(C)cc(C)cc1-c1nnc(S[C@@H](C)C(=O)Nc2cccc(C)c2)[nH]c1=O. The Bertz CT molecular complexity index is 1240. The number of amides is 2. The highest BCUT2D eigenvalue weighted by molar-refractivity contribution is 8.00. The summed E-state index contributed by atoms with van der Waals surface area (Å²) in [6.45, 7) is 8.82. The van der Waals surface area contributed by atoms with Crippen molar-refractivity contribution in [2.24, 2.45) is 0 Å². The fourth-order valence-corrected chi connectivity index (χ4v) is 3.98. The minimum Gasteiger partial charge on any atom is -0.325 e. The summed E-state index contributed by atoms with van der Waals surface area (Å²) in [4.78, 5) is 39.6. The average molecular weight is 452 g/mol. The summed E-state index contributed by atoms with van der Waals surface area (Å²) in [6, 6.07) is 11.2. The number of rotatable bonds is 6. The molecule has 166 valence electrons. The number of benzene rings is 2. The Balaban J connectivity index is 1.82. The van der Waals surface area contributed by atoms with E-state index in [2.05, 4.69) is 25.8 Å². The maximum atomic E-state index is 12.8. The van der Waals surface area contributed by atoms with Crippen LogP contribution in [0.3, 0.4) is 0 Å². The number of aromatic nitrogens is 3. The molecule has 0 saturated heterocycles. The summed E-state index contributed by atoms with van der Waals surface area (Å²) in [5.41, 5.74) is 4.15. The fraction of sp³-hybridized carbons (Fsp3) is 0.261. The number of aromatic amines is 1. The van der Waals surface area contributed by atoms with Crippen molar-refractivity contribution in [1.82, 2.24) is 15.2 Å². The zero-order chi connectivity index (χ0) is 23.4. The van der Waals surface area contributed by atoms with Crippen molar-refractivity contribution in [3.8, 4) is 11.3 Å². The molecule has 1 aromatic heterocycles. The third kappa shape index (κ3) is 5.61. The van der Waals surface area contributed by atoms with Gasteiger partial charge in [0.05, 0.1) is 10.9 Å². The van der Waals surface area contributed by atoms with Crippen LogP contribution in [0.1, 0.15) is 30.5 Å². The highest BCUT2D eigenvalue weighted by Gasteiger charge is 2.19. The van der Waals surface area contributed by atoms with Crippen molar-refractivity contribution in [2.75, 3.05) is 10.6 Å². The van der Waals surface area contributed by atoms with Gasteiger partial charge in [-0.05, 0) is 57.0 Å². The van der Waals surface area contributed by atoms with Gasteiger partial charge in [0.15, 0.2) is 10.9 Å². The van der Waals surface area contributed by atoms with E-state index in [9.17, 15) is 14.4 Å². The summed E-state index contributed by atoms with van der Waals surface area (Å²) >= 11 is 1.10. The molecule has 0 aliphatic heterocycles. The molecule has 0 aliphatic rings. The van der Waals surface area contributed by atoms with Gasteiger partial charge in [-0.25, -0.2) is 0 Å². The first-order chi connectivity index (χ1) is 15.1. The van der Waals surface area contributed by atoms with Crippen LogP contribution in [0.15, 0.2) is 46.3 Å². The van der Waals surface area contributed by atoms with Crippen LogP contribution in [0.4, 0.5) is 11.4 Å². The maximum Gasteiger partial charge on any atom is 0.278 e. The average Bonchev–Trinajstić information content (AvgIpc) is 2.70. The Morgan fingerprint density at radius 3 is 2.44 bits per heavy atom. The Morgan fingerprint density at radius 2 is 1.78 bits per heavy atom. The molecular formula is C23H25N5O3S. The number of nitrogens with zero attached hydrogens (tertiary/aromatic N) is 2. The molecule has 0 saturated carbocycles. The molecule has 2 amide bonds. The number of hydrogen-bond acceptors (Lipinski definition) is 6. The summed E-state index contributed by atoms with van der Waals surface area (Å²) in [6.07, 6.45) is 0. The van der Waals surface area contributed by atoms with Crippen molar-refractivity contribution >= 4 is 35.0 Å². The van der Waals surface area contributed by atoms with Gasteiger partial charge in [-0.2, -0.15) is 0 Å². The Hall–Kier alpha value is -3.46. The summed E-state index contributed by atoms with van der Waals surface area (Å²) < 4.78 is 0. The van der Waals surface area contributed by atoms with Crippen molar-refractivity contribution in [3.63, 3.8) is 0 Å². The number of carbonyl (C=O) groups is 2. The van der Waals surface area contributed by atoms with Crippen LogP contribution < -0.4 is 16.2 Å². The third-order valence-electron chi connectivity index (χ3n) is 4.66. The molecule has 3 N–H and O–H groups in total. The number of hydrogen-bond donors (Lipinski definition) is 3. The second-order valence-corrected chi connectivity index (χ2v) is 8.94. The molecule has 32 heavy (non-hydrogen) atoms. The molecule has 1 atom stereocenters. The molecule has 0 bridgehead atoms. The molecule has 9 heteroatoms. The van der Waals surface area contributed by atoms with Crippen LogP contribution in [0, 0.1) is 20.8 Å². The highest BCUT2D eigenvalue weighted by Crippen LogP contribution is 2.30. The van der Waals surface area contributed by atoms with Gasteiger partial charge in [0, 0.05) is 18.2 Å². The van der Waals surface area contributed by atoms with Crippen molar-refractivity contribution in [1.29, 1.82) is 0 Å². The van der Waals surface area contributed by atoms with E-state index in [0.717, 1.165) is 28.5 Å². The molecule has 0 fully saturated rings. The topological polar surface area (TPSA) is 117 Å². The third-order valence-corrected chi connectivity index (χ3v) is 5.63. The van der Waals surface area contributed by atoms with Crippen LogP contribution in [0.25, 0.3) is 11.3 Å². The van der Waals surface area contributed by atoms with Crippen LogP contribution in [0.5, 0.6) is 0 Å². The van der Waals surface area contributed by atoms with Crippen molar-refractivity contribution in [2.45, 2.75) is 45.0 Å². The first kappa shape index (κ1) is 23.2. The number of nitrogens with one attached hydrogen (secondary N) is 3. The van der Waals surface area contributed by atoms with Crippen LogP contribution in [-0.4, -0.2) is 32.2 Å². The van der Waals surface area contributed by atoms with Crippen LogP contribution in [0.2, 0.25) is 0 Å². The second kappa shape index (κ2) is 9.78. The minimum atomic E-state index is -0.512.